The summed E-state index contributed by atoms with van der Waals surface area (Å²) in [4.78, 5) is 18.0. The predicted octanol–water partition coefficient (Wildman–Crippen LogP) is 3.04. The fraction of sp³-hybridized carbons (Fsp3) is 0.250. The van der Waals surface area contributed by atoms with Gasteiger partial charge in [0, 0.05) is 16.5 Å². The van der Waals surface area contributed by atoms with E-state index in [4.69, 9.17) is 4.74 Å². The molecule has 0 radical (unpaired) electrons. The maximum absolute atomic E-state index is 13.1. The number of nitrogens with zero attached hydrogens (tertiary/aromatic N) is 1. The van der Waals surface area contributed by atoms with E-state index in [0.29, 0.717) is 18.8 Å². The number of para-hydroxylation sites is 1. The number of hydrogen-bond donors (Lipinski definition) is 2. The van der Waals surface area contributed by atoms with Crippen molar-refractivity contribution in [3.8, 4) is 5.75 Å². The average Bonchev–Trinajstić information content (AvgIpc) is 2.94. The van der Waals surface area contributed by atoms with Gasteiger partial charge in [-0.3, -0.25) is 4.79 Å². The SMILES string of the molecule is Cc1ccc2cc(C(=O)N3CCOc4ccccc4C3CO)[nH]c2c1. The number of aliphatic hydroxyl groups excluding tert-OH is 1. The number of carbonyl (C=O) groups excluding carboxylic acids is 1. The Morgan fingerprint density at radius 1 is 1.28 bits per heavy atom. The van der Waals surface area contributed by atoms with Crippen molar-refractivity contribution in [1.82, 2.24) is 9.88 Å². The molecule has 2 N–H and O–H groups in total. The first kappa shape index (κ1) is 15.7. The zero-order valence-electron chi connectivity index (χ0n) is 14.0. The van der Waals surface area contributed by atoms with Crippen LogP contribution in [-0.4, -0.2) is 40.7 Å². The molecular formula is C20H20N2O3. The zero-order valence-corrected chi connectivity index (χ0v) is 14.0. The van der Waals surface area contributed by atoms with Gasteiger partial charge in [0.1, 0.15) is 18.1 Å². The highest BCUT2D eigenvalue weighted by Gasteiger charge is 2.30. The van der Waals surface area contributed by atoms with E-state index >= 15 is 0 Å². The second-order valence-corrected chi connectivity index (χ2v) is 6.36. The van der Waals surface area contributed by atoms with E-state index in [0.717, 1.165) is 27.8 Å². The topological polar surface area (TPSA) is 65.6 Å². The van der Waals surface area contributed by atoms with Gasteiger partial charge >= 0.3 is 0 Å². The summed E-state index contributed by atoms with van der Waals surface area (Å²) in [5, 5.41) is 10.9. The molecule has 2 heterocycles. The van der Waals surface area contributed by atoms with Crippen LogP contribution < -0.4 is 4.74 Å². The molecular weight excluding hydrogens is 316 g/mol. The van der Waals surface area contributed by atoms with Crippen LogP contribution in [0.15, 0.2) is 48.5 Å². The molecule has 0 saturated heterocycles. The van der Waals surface area contributed by atoms with E-state index in [-0.39, 0.29) is 12.5 Å². The molecule has 2 aromatic carbocycles. The minimum absolute atomic E-state index is 0.131. The molecule has 0 fully saturated rings. The number of aromatic amines is 1. The molecule has 1 aromatic heterocycles. The van der Waals surface area contributed by atoms with Crippen LogP contribution in [0.5, 0.6) is 5.75 Å². The largest absolute Gasteiger partial charge is 0.491 e. The molecule has 0 bridgehead atoms. The van der Waals surface area contributed by atoms with E-state index in [9.17, 15) is 9.90 Å². The summed E-state index contributed by atoms with van der Waals surface area (Å²) >= 11 is 0. The summed E-state index contributed by atoms with van der Waals surface area (Å²) in [6.07, 6.45) is 0. The quantitative estimate of drug-likeness (QED) is 0.756. The van der Waals surface area contributed by atoms with Crippen LogP contribution in [0.4, 0.5) is 0 Å². The van der Waals surface area contributed by atoms with E-state index in [1.165, 1.54) is 0 Å². The monoisotopic (exact) mass is 336 g/mol. The van der Waals surface area contributed by atoms with E-state index in [1.807, 2.05) is 55.5 Å². The number of hydrogen-bond acceptors (Lipinski definition) is 3. The molecule has 0 aliphatic carbocycles. The summed E-state index contributed by atoms with van der Waals surface area (Å²) in [7, 11) is 0. The Hall–Kier alpha value is -2.79. The fourth-order valence-electron chi connectivity index (χ4n) is 3.42. The molecule has 0 saturated carbocycles. The number of nitrogens with one attached hydrogen (secondary N) is 1. The van der Waals surface area contributed by atoms with Gasteiger partial charge in [-0.2, -0.15) is 0 Å². The molecule has 1 atom stereocenters. The van der Waals surface area contributed by atoms with Gasteiger partial charge in [-0.15, -0.1) is 0 Å². The Balaban J connectivity index is 1.72. The van der Waals surface area contributed by atoms with Gasteiger partial charge in [0.15, 0.2) is 0 Å². The first-order valence-electron chi connectivity index (χ1n) is 8.40. The Morgan fingerprint density at radius 2 is 2.12 bits per heavy atom. The minimum atomic E-state index is -0.417. The first-order chi connectivity index (χ1) is 12.2. The number of H-pyrrole nitrogens is 1. The number of aliphatic hydroxyl groups is 1. The lowest BCUT2D eigenvalue weighted by molar-refractivity contribution is 0.0580. The van der Waals surface area contributed by atoms with Crippen LogP contribution in [0.3, 0.4) is 0 Å². The van der Waals surface area contributed by atoms with Crippen LogP contribution in [0, 0.1) is 6.92 Å². The second kappa shape index (κ2) is 6.26. The molecule has 1 amide bonds. The van der Waals surface area contributed by atoms with Gasteiger partial charge in [0.25, 0.3) is 5.91 Å². The number of aromatic nitrogens is 1. The van der Waals surface area contributed by atoms with Gasteiger partial charge in [-0.1, -0.05) is 30.3 Å². The Labute approximate surface area is 145 Å². The molecule has 5 nitrogen and oxygen atoms in total. The van der Waals surface area contributed by atoms with Crippen molar-refractivity contribution in [1.29, 1.82) is 0 Å². The lowest BCUT2D eigenvalue weighted by Crippen LogP contribution is -2.38. The molecule has 4 rings (SSSR count). The van der Waals surface area contributed by atoms with Crippen LogP contribution in [0.2, 0.25) is 0 Å². The highest BCUT2D eigenvalue weighted by Crippen LogP contribution is 2.32. The Bertz CT molecular complexity index is 932. The Morgan fingerprint density at radius 3 is 2.96 bits per heavy atom. The first-order valence-corrected chi connectivity index (χ1v) is 8.40. The average molecular weight is 336 g/mol. The summed E-state index contributed by atoms with van der Waals surface area (Å²) in [5.41, 5.74) is 3.44. The molecule has 1 aliphatic rings. The third-order valence-corrected chi connectivity index (χ3v) is 4.69. The lowest BCUT2D eigenvalue weighted by atomic mass is 10.0. The number of benzene rings is 2. The fourth-order valence-corrected chi connectivity index (χ4v) is 3.42. The van der Waals surface area contributed by atoms with Crippen LogP contribution >= 0.6 is 0 Å². The number of fused-ring (bicyclic) bond motifs is 2. The minimum Gasteiger partial charge on any atom is -0.491 e. The molecule has 128 valence electrons. The summed E-state index contributed by atoms with van der Waals surface area (Å²) in [5.74, 6) is 0.595. The van der Waals surface area contributed by atoms with Crippen molar-refractivity contribution < 1.29 is 14.6 Å². The van der Waals surface area contributed by atoms with Gasteiger partial charge < -0.3 is 19.7 Å². The molecule has 25 heavy (non-hydrogen) atoms. The standard InChI is InChI=1S/C20H20N2O3/c1-13-6-7-14-11-17(21-16(14)10-13)20(24)22-8-9-25-19-5-3-2-4-15(19)18(22)12-23/h2-7,10-11,18,21,23H,8-9,12H2,1H3. The highest BCUT2D eigenvalue weighted by molar-refractivity contribution is 5.98. The van der Waals surface area contributed by atoms with Crippen LogP contribution in [-0.2, 0) is 0 Å². The Kier molecular flexibility index (Phi) is 3.93. The van der Waals surface area contributed by atoms with Crippen molar-refractivity contribution in [2.45, 2.75) is 13.0 Å². The van der Waals surface area contributed by atoms with Gasteiger partial charge in [0.2, 0.25) is 0 Å². The maximum Gasteiger partial charge on any atom is 0.271 e. The number of rotatable bonds is 2. The van der Waals surface area contributed by atoms with Crippen LogP contribution in [0.1, 0.15) is 27.7 Å². The number of amides is 1. The summed E-state index contributed by atoms with van der Waals surface area (Å²) < 4.78 is 5.76. The van der Waals surface area contributed by atoms with E-state index < -0.39 is 6.04 Å². The normalized spacial score (nSPS) is 17.0. The third kappa shape index (κ3) is 2.76. The summed E-state index contributed by atoms with van der Waals surface area (Å²) in [6.45, 7) is 2.70. The smallest absolute Gasteiger partial charge is 0.271 e. The van der Waals surface area contributed by atoms with Gasteiger partial charge in [-0.05, 0) is 30.7 Å². The lowest BCUT2D eigenvalue weighted by Gasteiger charge is -2.28. The number of ether oxygens (including phenoxy) is 1. The molecule has 3 aromatic rings. The van der Waals surface area contributed by atoms with Crippen molar-refractivity contribution in [3.05, 3.63) is 65.4 Å². The number of carbonyl (C=O) groups is 1. The molecule has 5 heteroatoms. The van der Waals surface area contributed by atoms with Gasteiger partial charge in [-0.25, -0.2) is 0 Å². The van der Waals surface area contributed by atoms with Crippen molar-refractivity contribution >= 4 is 16.8 Å². The predicted molar refractivity (Wildman–Crippen MR) is 95.8 cm³/mol. The summed E-state index contributed by atoms with van der Waals surface area (Å²) in [6, 6.07) is 15.1. The molecule has 1 unspecified atom stereocenters. The van der Waals surface area contributed by atoms with Crippen molar-refractivity contribution in [2.75, 3.05) is 19.8 Å². The number of aryl methyl sites for hydroxylation is 1. The maximum atomic E-state index is 13.1. The molecule has 1 aliphatic heterocycles. The highest BCUT2D eigenvalue weighted by atomic mass is 16.5. The third-order valence-electron chi connectivity index (χ3n) is 4.69. The second-order valence-electron chi connectivity index (χ2n) is 6.36. The molecule has 0 spiro atoms. The van der Waals surface area contributed by atoms with Crippen molar-refractivity contribution in [3.63, 3.8) is 0 Å². The van der Waals surface area contributed by atoms with Crippen LogP contribution in [0.25, 0.3) is 10.9 Å². The van der Waals surface area contributed by atoms with E-state index in [1.54, 1.807) is 4.90 Å². The zero-order chi connectivity index (χ0) is 17.4. The van der Waals surface area contributed by atoms with E-state index in [2.05, 4.69) is 4.98 Å². The van der Waals surface area contributed by atoms with Crippen molar-refractivity contribution in [2.24, 2.45) is 0 Å². The van der Waals surface area contributed by atoms with Gasteiger partial charge in [0.05, 0.1) is 19.2 Å².